The number of amides is 2. The van der Waals surface area contributed by atoms with E-state index in [1.165, 1.54) is 4.49 Å². The molecule has 1 fully saturated rings. The van der Waals surface area contributed by atoms with Gasteiger partial charge in [-0.3, -0.25) is 14.4 Å². The number of allylic oxidation sites excluding steroid dienone is 4. The van der Waals surface area contributed by atoms with E-state index in [4.69, 9.17) is 9.94 Å². The number of rotatable bonds is 17. The second kappa shape index (κ2) is 20.2. The molecule has 0 unspecified atom stereocenters. The summed E-state index contributed by atoms with van der Waals surface area (Å²) in [7, 11) is 12.7. The molecule has 0 saturated carbocycles. The molecular formula is C54H65B2F4N7O6+2. The maximum atomic E-state index is 16.6. The normalized spacial score (nSPS) is 17.6. The molecule has 2 amide bonds. The predicted octanol–water partition coefficient (Wildman–Crippen LogP) is 8.16. The number of fused-ring (bicyclic) bond motifs is 4. The zero-order valence-electron chi connectivity index (χ0n) is 43.0. The van der Waals surface area contributed by atoms with Crippen LogP contribution >= 0.6 is 0 Å². The number of carbonyl (C=O) groups is 4. The van der Waals surface area contributed by atoms with E-state index >= 15 is 17.3 Å². The van der Waals surface area contributed by atoms with E-state index in [1.54, 1.807) is 19.1 Å². The molecule has 19 heteroatoms. The van der Waals surface area contributed by atoms with Crippen LogP contribution in [0.4, 0.5) is 17.3 Å². The number of hydrogen-bond donors (Lipinski definition) is 1. The van der Waals surface area contributed by atoms with E-state index < -0.39 is 37.7 Å². The summed E-state index contributed by atoms with van der Waals surface area (Å²) in [6, 6.07) is 21.9. The molecule has 0 atom stereocenters. The molecule has 0 spiro atoms. The Labute approximate surface area is 424 Å². The summed E-state index contributed by atoms with van der Waals surface area (Å²) < 4.78 is 71.9. The molecule has 0 aliphatic carbocycles. The van der Waals surface area contributed by atoms with Crippen molar-refractivity contribution in [1.82, 2.24) is 14.0 Å². The van der Waals surface area contributed by atoms with E-state index in [2.05, 4.69) is 42.3 Å². The number of benzene rings is 2. The Morgan fingerprint density at radius 1 is 0.616 bits per heavy atom. The number of hydroxylamine groups is 2. The van der Waals surface area contributed by atoms with Crippen LogP contribution in [-0.2, 0) is 36.9 Å². The van der Waals surface area contributed by atoms with Crippen molar-refractivity contribution in [1.29, 1.82) is 0 Å². The Kier molecular flexibility index (Phi) is 14.5. The van der Waals surface area contributed by atoms with Gasteiger partial charge < -0.3 is 54.1 Å². The van der Waals surface area contributed by atoms with E-state index in [-0.39, 0.29) is 44.2 Å². The molecule has 4 aromatic rings. The van der Waals surface area contributed by atoms with Gasteiger partial charge in [-0.05, 0) is 98.4 Å². The first-order valence-electron chi connectivity index (χ1n) is 25.0. The van der Waals surface area contributed by atoms with Crippen LogP contribution in [0.5, 0.6) is 0 Å². The van der Waals surface area contributed by atoms with Crippen LogP contribution < -0.4 is 0 Å². The molecule has 9 rings (SSSR count). The van der Waals surface area contributed by atoms with Crippen molar-refractivity contribution in [2.45, 2.75) is 78.1 Å². The lowest BCUT2D eigenvalue weighted by atomic mass is 9.88. The van der Waals surface area contributed by atoms with Crippen LogP contribution in [0, 0.1) is 13.8 Å². The number of aromatic nitrogens is 2. The van der Waals surface area contributed by atoms with Crippen LogP contribution in [0.25, 0.3) is 12.2 Å². The standard InChI is InChI=1S/C29H34BF2N4O4.C25H30BF2N3O2/c1-20-17-23(12-15-29(39)40-35-27(37)13-14-28(35)38)33-24(20)19-26-22(11-8-16-36(2,3)4)18-25(34(26)30(33,31)32)21-9-6-5-7-10-21;1-18-15-21(12-13-25(32)33)29-22(18)17-24-20(11-8-14-31(2,3)4)16-23(30(24)26(29,27)28)19-9-6-5-7-10-19/h5-7,9-10,17-19H,8,11-16H2,1-4H3;5-7,9-10,15-17H,8,11-14H2,1-4H3/q+1;/p+1. The third-order valence-corrected chi connectivity index (χ3v) is 13.9. The van der Waals surface area contributed by atoms with Crippen LogP contribution in [-0.4, -0.2) is 142 Å². The molecule has 2 aromatic carbocycles. The molecule has 1 saturated heterocycles. The summed E-state index contributed by atoms with van der Waals surface area (Å²) in [5, 5.41) is 9.58. The highest BCUT2D eigenvalue weighted by Gasteiger charge is 2.56. The molecule has 73 heavy (non-hydrogen) atoms. The number of halogens is 4. The number of imide groups is 1. The second-order valence-electron chi connectivity index (χ2n) is 21.6. The number of nitrogens with zero attached hydrogens (tertiary/aromatic N) is 7. The van der Waals surface area contributed by atoms with Crippen LogP contribution in [0.15, 0.2) is 107 Å². The van der Waals surface area contributed by atoms with Crippen LogP contribution in [0.1, 0.15) is 96.4 Å². The fraction of sp³-hybridized carbons (Fsp3) is 0.370. The first-order valence-corrected chi connectivity index (χ1v) is 25.0. The SMILES string of the molecule is Cc1cc(CCC(=O)O)n2c1C=C1C(CCC[N+](C)(C)C)=CC(c3ccccc3)=[N+]1[B-]2(F)F.Cc1cc(CCC(=O)ON2C(=O)CCC2=O)n2c1C=C1C(CCC[N+](C)(C)C)=CC(c3ccccc3)=[N+]1[B-]2(F)F. The van der Waals surface area contributed by atoms with Crippen molar-refractivity contribution in [3.05, 3.63) is 153 Å². The van der Waals surface area contributed by atoms with E-state index in [0.29, 0.717) is 68.9 Å². The minimum Gasteiger partial charge on any atom is -0.481 e. The molecule has 7 heterocycles. The van der Waals surface area contributed by atoms with E-state index in [9.17, 15) is 19.2 Å². The van der Waals surface area contributed by atoms with E-state index in [1.807, 2.05) is 91.9 Å². The Morgan fingerprint density at radius 2 is 1.01 bits per heavy atom. The van der Waals surface area contributed by atoms with Gasteiger partial charge in [0, 0.05) is 83.6 Å². The quantitative estimate of drug-likeness (QED) is 0.0494. The maximum absolute atomic E-state index is 16.6. The lowest BCUT2D eigenvalue weighted by molar-refractivity contribution is -0.870. The van der Waals surface area contributed by atoms with Crippen molar-refractivity contribution >= 4 is 61.3 Å². The Hall–Kier alpha value is -6.85. The molecule has 0 radical (unpaired) electrons. The van der Waals surface area contributed by atoms with Crippen molar-refractivity contribution in [3.63, 3.8) is 0 Å². The number of carbonyl (C=O) groups excluding carboxylic acids is 3. The summed E-state index contributed by atoms with van der Waals surface area (Å²) in [4.78, 5) is 52.1. The highest BCUT2D eigenvalue weighted by molar-refractivity contribution is 6.59. The van der Waals surface area contributed by atoms with Crippen molar-refractivity contribution in [2.75, 3.05) is 55.4 Å². The molecular weight excluding hydrogens is 940 g/mol. The number of carboxylic acids is 1. The van der Waals surface area contributed by atoms with Crippen molar-refractivity contribution in [2.24, 2.45) is 0 Å². The fourth-order valence-corrected chi connectivity index (χ4v) is 10.5. The highest BCUT2D eigenvalue weighted by atomic mass is 19.3. The first kappa shape index (κ1) is 52.5. The van der Waals surface area contributed by atoms with Crippen molar-refractivity contribution in [3.8, 4) is 0 Å². The Bertz CT molecular complexity index is 3070. The smallest absolute Gasteiger partial charge is 0.481 e. The molecule has 1 N–H and O–H groups in total. The summed E-state index contributed by atoms with van der Waals surface area (Å²) in [5.41, 5.74) is 8.20. The van der Waals surface area contributed by atoms with Gasteiger partial charge in [0.2, 0.25) is 0 Å². The largest absolute Gasteiger partial charge is 0.737 e. The average molecular weight is 1010 g/mol. The molecule has 5 aliphatic rings. The highest BCUT2D eigenvalue weighted by Crippen LogP contribution is 2.41. The third-order valence-electron chi connectivity index (χ3n) is 13.9. The molecule has 0 bridgehead atoms. The van der Waals surface area contributed by atoms with Gasteiger partial charge in [0.25, 0.3) is 11.8 Å². The lowest BCUT2D eigenvalue weighted by Crippen LogP contribution is -2.51. The average Bonchev–Trinajstić information content (AvgIpc) is 4.12. The van der Waals surface area contributed by atoms with Gasteiger partial charge in [-0.15, -0.1) is 5.06 Å². The zero-order valence-corrected chi connectivity index (χ0v) is 43.0. The molecule has 5 aliphatic heterocycles. The third kappa shape index (κ3) is 10.9. The summed E-state index contributed by atoms with van der Waals surface area (Å²) >= 11 is 0. The summed E-state index contributed by atoms with van der Waals surface area (Å²) in [6.45, 7) is -3.03. The fourth-order valence-electron chi connectivity index (χ4n) is 10.5. The predicted molar refractivity (Wildman–Crippen MR) is 275 cm³/mol. The number of hydrogen-bond acceptors (Lipinski definition) is 5. The maximum Gasteiger partial charge on any atom is 0.737 e. The van der Waals surface area contributed by atoms with Gasteiger partial charge in [0.15, 0.2) is 22.8 Å². The summed E-state index contributed by atoms with van der Waals surface area (Å²) in [5.74, 6) is -2.97. The van der Waals surface area contributed by atoms with Crippen LogP contribution in [0.2, 0.25) is 0 Å². The molecule has 13 nitrogen and oxygen atoms in total. The number of carboxylic acid groups (broad SMARTS) is 1. The topological polar surface area (TPSA) is 117 Å². The first-order chi connectivity index (χ1) is 34.4. The number of aliphatic carboxylic acids is 1. The monoisotopic (exact) mass is 1010 g/mol. The van der Waals surface area contributed by atoms with Crippen LogP contribution in [0.3, 0.4) is 0 Å². The molecule has 384 valence electrons. The Morgan fingerprint density at radius 3 is 1.40 bits per heavy atom. The Balaban J connectivity index is 0.000000199. The minimum atomic E-state index is -4.30. The van der Waals surface area contributed by atoms with Gasteiger partial charge in [0.05, 0.1) is 68.2 Å². The minimum absolute atomic E-state index is 0.0115. The number of quaternary nitrogens is 2. The summed E-state index contributed by atoms with van der Waals surface area (Å²) in [6.07, 6.45) is 10.2. The number of aryl methyl sites for hydroxylation is 4. The lowest BCUT2D eigenvalue weighted by Gasteiger charge is -2.32. The second-order valence-corrected chi connectivity index (χ2v) is 21.6. The van der Waals surface area contributed by atoms with Gasteiger partial charge in [0.1, 0.15) is 0 Å². The van der Waals surface area contributed by atoms with Gasteiger partial charge in [-0.1, -0.05) is 36.4 Å². The van der Waals surface area contributed by atoms with Gasteiger partial charge >= 0.3 is 25.9 Å². The van der Waals surface area contributed by atoms with Crippen molar-refractivity contribution < 1.29 is 64.3 Å². The molecule has 2 aromatic heterocycles. The van der Waals surface area contributed by atoms with Gasteiger partial charge in [-0.2, -0.15) is 0 Å². The van der Waals surface area contributed by atoms with E-state index in [0.717, 1.165) is 70.6 Å². The van der Waals surface area contributed by atoms with Gasteiger partial charge in [-0.25, -0.2) is 4.79 Å². The zero-order chi connectivity index (χ0) is 52.8.